The predicted molar refractivity (Wildman–Crippen MR) is 91.6 cm³/mol. The van der Waals surface area contributed by atoms with E-state index in [1.807, 2.05) is 24.4 Å². The normalized spacial score (nSPS) is 29.2. The number of carbonyl (C=O) groups is 1. The second-order valence-corrected chi connectivity index (χ2v) is 7.28. The summed E-state index contributed by atoms with van der Waals surface area (Å²) in [4.78, 5) is 16.4. The maximum Gasteiger partial charge on any atom is 0.228 e. The lowest BCUT2D eigenvalue weighted by Crippen LogP contribution is -2.46. The highest BCUT2D eigenvalue weighted by atomic mass is 16.2. The first-order valence-electron chi connectivity index (χ1n) is 8.66. The Morgan fingerprint density at radius 3 is 2.62 bits per heavy atom. The molecule has 2 aliphatic carbocycles. The first kappa shape index (κ1) is 15.3. The number of aromatic nitrogens is 3. The van der Waals surface area contributed by atoms with Gasteiger partial charge in [-0.15, -0.1) is 0 Å². The van der Waals surface area contributed by atoms with Gasteiger partial charge in [0.2, 0.25) is 5.91 Å². The standard InChI is InChI=1S/C18H23N5O/c19-14-1-6-18(7-2-14)11-13(12-18)17(24)21-16-5-10-23(22-16)15-3-8-20-9-4-15/h3-5,8-10,13-14H,1-2,6-7,11-12,19H2,(H,21,22,24). The summed E-state index contributed by atoms with van der Waals surface area (Å²) in [7, 11) is 0. The summed E-state index contributed by atoms with van der Waals surface area (Å²) in [6.07, 6.45) is 11.8. The molecule has 2 heterocycles. The number of nitrogens with zero attached hydrogens (tertiary/aromatic N) is 3. The number of carbonyl (C=O) groups excluding carboxylic acids is 1. The number of nitrogens with two attached hydrogens (primary N) is 1. The summed E-state index contributed by atoms with van der Waals surface area (Å²) in [5.74, 6) is 0.810. The molecule has 1 spiro atoms. The molecule has 2 aromatic rings. The molecular weight excluding hydrogens is 302 g/mol. The van der Waals surface area contributed by atoms with Gasteiger partial charge in [-0.25, -0.2) is 4.68 Å². The van der Waals surface area contributed by atoms with Crippen LogP contribution in [0, 0.1) is 11.3 Å². The molecule has 2 aromatic heterocycles. The minimum atomic E-state index is 0.0930. The van der Waals surface area contributed by atoms with Gasteiger partial charge in [-0.2, -0.15) is 5.10 Å². The molecule has 4 rings (SSSR count). The van der Waals surface area contributed by atoms with Gasteiger partial charge in [0, 0.05) is 36.6 Å². The van der Waals surface area contributed by atoms with Crippen LogP contribution in [0.1, 0.15) is 38.5 Å². The number of nitrogens with one attached hydrogen (secondary N) is 1. The molecule has 0 unspecified atom stereocenters. The highest BCUT2D eigenvalue weighted by Gasteiger charge is 2.48. The van der Waals surface area contributed by atoms with E-state index in [-0.39, 0.29) is 11.8 Å². The van der Waals surface area contributed by atoms with Crippen LogP contribution in [-0.2, 0) is 4.79 Å². The molecule has 0 bridgehead atoms. The zero-order chi connectivity index (χ0) is 16.6. The Labute approximate surface area is 141 Å². The van der Waals surface area contributed by atoms with Crippen molar-refractivity contribution in [1.82, 2.24) is 14.8 Å². The number of rotatable bonds is 3. The molecule has 6 nitrogen and oxygen atoms in total. The molecule has 1 amide bonds. The van der Waals surface area contributed by atoms with E-state index in [1.54, 1.807) is 17.1 Å². The summed E-state index contributed by atoms with van der Waals surface area (Å²) in [6, 6.07) is 5.94. The lowest BCUT2D eigenvalue weighted by molar-refractivity contribution is -0.128. The predicted octanol–water partition coefficient (Wildman–Crippen LogP) is 2.50. The van der Waals surface area contributed by atoms with E-state index in [9.17, 15) is 4.79 Å². The average molecular weight is 325 g/mol. The Kier molecular flexibility index (Phi) is 3.84. The van der Waals surface area contributed by atoms with E-state index in [0.717, 1.165) is 31.4 Å². The van der Waals surface area contributed by atoms with Crippen molar-refractivity contribution in [2.24, 2.45) is 17.1 Å². The quantitative estimate of drug-likeness (QED) is 0.908. The van der Waals surface area contributed by atoms with Crippen LogP contribution in [0.3, 0.4) is 0 Å². The summed E-state index contributed by atoms with van der Waals surface area (Å²) >= 11 is 0. The Bertz CT molecular complexity index is 710. The Morgan fingerprint density at radius 1 is 1.21 bits per heavy atom. The van der Waals surface area contributed by atoms with Gasteiger partial charge in [0.25, 0.3) is 0 Å². The molecule has 0 aromatic carbocycles. The third kappa shape index (κ3) is 2.94. The van der Waals surface area contributed by atoms with Crippen LogP contribution in [-0.4, -0.2) is 26.7 Å². The second kappa shape index (κ2) is 6.02. The SMILES string of the molecule is NC1CCC2(CC1)CC(C(=O)Nc1ccn(-c3ccncc3)n1)C2. The Hall–Kier alpha value is -2.21. The molecule has 2 saturated carbocycles. The minimum Gasteiger partial charge on any atom is -0.328 e. The van der Waals surface area contributed by atoms with Crippen LogP contribution < -0.4 is 11.1 Å². The fourth-order valence-electron chi connectivity index (χ4n) is 4.09. The van der Waals surface area contributed by atoms with Crippen molar-refractivity contribution >= 4 is 11.7 Å². The zero-order valence-corrected chi connectivity index (χ0v) is 13.7. The Morgan fingerprint density at radius 2 is 1.92 bits per heavy atom. The summed E-state index contributed by atoms with van der Waals surface area (Å²) < 4.78 is 1.74. The van der Waals surface area contributed by atoms with Gasteiger partial charge in [-0.3, -0.25) is 9.78 Å². The van der Waals surface area contributed by atoms with Crippen molar-refractivity contribution in [2.75, 3.05) is 5.32 Å². The molecule has 3 N–H and O–H groups in total. The van der Waals surface area contributed by atoms with Crippen LogP contribution in [0.4, 0.5) is 5.82 Å². The molecule has 2 fully saturated rings. The van der Waals surface area contributed by atoms with Crippen LogP contribution in [0.25, 0.3) is 5.69 Å². The van der Waals surface area contributed by atoms with E-state index in [1.165, 1.54) is 12.8 Å². The molecule has 0 atom stereocenters. The highest BCUT2D eigenvalue weighted by molar-refractivity contribution is 5.92. The molecule has 0 saturated heterocycles. The third-order valence-corrected chi connectivity index (χ3v) is 5.59. The second-order valence-electron chi connectivity index (χ2n) is 7.28. The summed E-state index contributed by atoms with van der Waals surface area (Å²) in [5, 5.41) is 7.37. The van der Waals surface area contributed by atoms with Gasteiger partial charge >= 0.3 is 0 Å². The molecule has 0 aliphatic heterocycles. The first-order chi connectivity index (χ1) is 11.6. The summed E-state index contributed by atoms with van der Waals surface area (Å²) in [6.45, 7) is 0. The number of hydrogen-bond acceptors (Lipinski definition) is 4. The maximum atomic E-state index is 12.4. The van der Waals surface area contributed by atoms with Crippen molar-refractivity contribution in [3.63, 3.8) is 0 Å². The van der Waals surface area contributed by atoms with Crippen LogP contribution in [0.2, 0.25) is 0 Å². The molecule has 0 radical (unpaired) electrons. The van der Waals surface area contributed by atoms with Crippen molar-refractivity contribution in [3.05, 3.63) is 36.8 Å². The third-order valence-electron chi connectivity index (χ3n) is 5.59. The van der Waals surface area contributed by atoms with Gasteiger partial charge in [0.15, 0.2) is 5.82 Å². The van der Waals surface area contributed by atoms with Gasteiger partial charge in [-0.05, 0) is 56.1 Å². The van der Waals surface area contributed by atoms with Gasteiger partial charge in [-0.1, -0.05) is 0 Å². The fourth-order valence-corrected chi connectivity index (χ4v) is 4.09. The summed E-state index contributed by atoms with van der Waals surface area (Å²) in [5.41, 5.74) is 7.29. The minimum absolute atomic E-state index is 0.0930. The first-order valence-corrected chi connectivity index (χ1v) is 8.66. The molecule has 126 valence electrons. The average Bonchev–Trinajstić information content (AvgIpc) is 3.03. The lowest BCUT2D eigenvalue weighted by atomic mass is 9.55. The number of pyridine rings is 1. The fraction of sp³-hybridized carbons (Fsp3) is 0.500. The molecule has 2 aliphatic rings. The largest absolute Gasteiger partial charge is 0.328 e. The molecule has 24 heavy (non-hydrogen) atoms. The van der Waals surface area contributed by atoms with Crippen molar-refractivity contribution in [2.45, 2.75) is 44.6 Å². The number of amides is 1. The molecule has 6 heteroatoms. The van der Waals surface area contributed by atoms with E-state index in [4.69, 9.17) is 5.73 Å². The molecular formula is C18H23N5O. The van der Waals surface area contributed by atoms with Crippen LogP contribution >= 0.6 is 0 Å². The van der Waals surface area contributed by atoms with E-state index in [2.05, 4.69) is 15.4 Å². The topological polar surface area (TPSA) is 85.8 Å². The van der Waals surface area contributed by atoms with Gasteiger partial charge in [0.05, 0.1) is 5.69 Å². The number of hydrogen-bond donors (Lipinski definition) is 2. The van der Waals surface area contributed by atoms with Crippen LogP contribution in [0.15, 0.2) is 36.8 Å². The van der Waals surface area contributed by atoms with Crippen molar-refractivity contribution < 1.29 is 4.79 Å². The highest BCUT2D eigenvalue weighted by Crippen LogP contribution is 2.54. The lowest BCUT2D eigenvalue weighted by Gasteiger charge is -2.50. The number of anilines is 1. The Balaban J connectivity index is 1.34. The van der Waals surface area contributed by atoms with Crippen LogP contribution in [0.5, 0.6) is 0 Å². The van der Waals surface area contributed by atoms with Gasteiger partial charge in [0.1, 0.15) is 0 Å². The maximum absolute atomic E-state index is 12.4. The monoisotopic (exact) mass is 325 g/mol. The zero-order valence-electron chi connectivity index (χ0n) is 13.7. The smallest absolute Gasteiger partial charge is 0.228 e. The van der Waals surface area contributed by atoms with E-state index in [0.29, 0.717) is 17.3 Å². The van der Waals surface area contributed by atoms with Gasteiger partial charge < -0.3 is 11.1 Å². The van der Waals surface area contributed by atoms with E-state index < -0.39 is 0 Å². The van der Waals surface area contributed by atoms with E-state index >= 15 is 0 Å². The van der Waals surface area contributed by atoms with Crippen molar-refractivity contribution in [1.29, 1.82) is 0 Å². The van der Waals surface area contributed by atoms with Crippen molar-refractivity contribution in [3.8, 4) is 5.69 Å².